The fourth-order valence-corrected chi connectivity index (χ4v) is 2.45. The molecule has 1 rings (SSSR count). The quantitative estimate of drug-likeness (QED) is 0.232. The number of nitrogens with one attached hydrogen (secondary N) is 2. The van der Waals surface area contributed by atoms with Gasteiger partial charge in [0.1, 0.15) is 5.01 Å². The Balaban J connectivity index is 0.00000484. The largest absolute Gasteiger partial charge is 0.382 e. The van der Waals surface area contributed by atoms with Crippen molar-refractivity contribution in [2.75, 3.05) is 40.0 Å². The van der Waals surface area contributed by atoms with Gasteiger partial charge >= 0.3 is 0 Å². The summed E-state index contributed by atoms with van der Waals surface area (Å²) in [6.07, 6.45) is 3.97. The molecule has 0 aromatic carbocycles. The highest BCUT2D eigenvalue weighted by Gasteiger charge is 2.00. The molecule has 8 heteroatoms. The van der Waals surface area contributed by atoms with Crippen molar-refractivity contribution in [2.24, 2.45) is 4.99 Å². The zero-order chi connectivity index (χ0) is 16.0. The van der Waals surface area contributed by atoms with Gasteiger partial charge in [-0.2, -0.15) is 0 Å². The van der Waals surface area contributed by atoms with Crippen LogP contribution < -0.4 is 10.6 Å². The lowest BCUT2D eigenvalue weighted by atomic mass is 10.3. The number of hydrogen-bond donors (Lipinski definition) is 2. The van der Waals surface area contributed by atoms with Crippen LogP contribution in [0, 0.1) is 6.92 Å². The topological polar surface area (TPSA) is 67.8 Å². The Labute approximate surface area is 160 Å². The number of guanidine groups is 1. The van der Waals surface area contributed by atoms with Crippen molar-refractivity contribution in [3.05, 3.63) is 16.1 Å². The van der Waals surface area contributed by atoms with Gasteiger partial charge in [-0.1, -0.05) is 0 Å². The number of ether oxygens (including phenoxy) is 2. The van der Waals surface area contributed by atoms with E-state index in [0.29, 0.717) is 19.8 Å². The fraction of sp³-hybridized carbons (Fsp3) is 0.733. The highest BCUT2D eigenvalue weighted by atomic mass is 127. The molecule has 0 fully saturated rings. The minimum Gasteiger partial charge on any atom is -0.382 e. The average Bonchev–Trinajstić information content (AvgIpc) is 2.93. The van der Waals surface area contributed by atoms with Crippen LogP contribution in [0.15, 0.2) is 11.2 Å². The zero-order valence-corrected chi connectivity index (χ0v) is 17.4. The molecule has 0 amide bonds. The normalized spacial score (nSPS) is 11.2. The highest BCUT2D eigenvalue weighted by Crippen LogP contribution is 2.11. The summed E-state index contributed by atoms with van der Waals surface area (Å²) in [6.45, 7) is 8.58. The van der Waals surface area contributed by atoms with Crippen LogP contribution in [0.5, 0.6) is 0 Å². The Morgan fingerprint density at radius 2 is 2.09 bits per heavy atom. The van der Waals surface area contributed by atoms with Crippen LogP contribution in [0.1, 0.15) is 29.7 Å². The third kappa shape index (κ3) is 11.7. The molecule has 1 aromatic heterocycles. The maximum Gasteiger partial charge on any atom is 0.191 e. The summed E-state index contributed by atoms with van der Waals surface area (Å²) in [5, 5.41) is 7.62. The summed E-state index contributed by atoms with van der Waals surface area (Å²) in [5.41, 5.74) is 0. The van der Waals surface area contributed by atoms with Crippen LogP contribution in [0.4, 0.5) is 0 Å². The maximum absolute atomic E-state index is 5.43. The molecule has 0 spiro atoms. The Hall–Kier alpha value is -0.450. The van der Waals surface area contributed by atoms with Gasteiger partial charge in [0.2, 0.25) is 0 Å². The first-order valence-corrected chi connectivity index (χ1v) is 8.58. The SMILES string of the molecule is CCNC(=NCc1ncc(C)s1)NCCCCOCCOC.I. The zero-order valence-electron chi connectivity index (χ0n) is 14.3. The van der Waals surface area contributed by atoms with E-state index < -0.39 is 0 Å². The molecule has 1 heterocycles. The second-order valence-electron chi connectivity index (χ2n) is 4.80. The molecule has 0 unspecified atom stereocenters. The van der Waals surface area contributed by atoms with E-state index >= 15 is 0 Å². The summed E-state index contributed by atoms with van der Waals surface area (Å²) in [7, 11) is 1.68. The average molecular weight is 456 g/mol. The molecule has 0 saturated carbocycles. The first-order chi connectivity index (χ1) is 10.8. The summed E-state index contributed by atoms with van der Waals surface area (Å²) in [4.78, 5) is 10.1. The molecule has 0 atom stereocenters. The van der Waals surface area contributed by atoms with Crippen molar-refractivity contribution >= 4 is 41.3 Å². The number of aryl methyl sites for hydroxylation is 1. The van der Waals surface area contributed by atoms with Gasteiger partial charge in [-0.05, 0) is 26.7 Å². The molecule has 23 heavy (non-hydrogen) atoms. The molecule has 0 radical (unpaired) electrons. The standard InChI is InChI=1S/C15H28N4O2S.HI/c1-4-16-15(19-12-14-18-11-13(2)22-14)17-7-5-6-8-21-10-9-20-3;/h11H,4-10,12H2,1-3H3,(H2,16,17,19);1H. The fourth-order valence-electron chi connectivity index (χ4n) is 1.74. The van der Waals surface area contributed by atoms with Crippen LogP contribution in [0.25, 0.3) is 0 Å². The summed E-state index contributed by atoms with van der Waals surface area (Å²) < 4.78 is 10.4. The minimum atomic E-state index is 0. The van der Waals surface area contributed by atoms with E-state index in [0.717, 1.165) is 43.5 Å². The van der Waals surface area contributed by atoms with Gasteiger partial charge in [-0.15, -0.1) is 35.3 Å². The number of nitrogens with zero attached hydrogens (tertiary/aromatic N) is 2. The van der Waals surface area contributed by atoms with Crippen LogP contribution in [0.2, 0.25) is 0 Å². The summed E-state index contributed by atoms with van der Waals surface area (Å²) >= 11 is 1.69. The first kappa shape index (κ1) is 22.6. The van der Waals surface area contributed by atoms with Crippen LogP contribution in [0.3, 0.4) is 0 Å². The molecule has 0 aliphatic carbocycles. The molecule has 134 valence electrons. The molecule has 1 aromatic rings. The third-order valence-corrected chi connectivity index (χ3v) is 3.72. The van der Waals surface area contributed by atoms with Crippen molar-refractivity contribution in [3.8, 4) is 0 Å². The van der Waals surface area contributed by atoms with E-state index in [9.17, 15) is 0 Å². The number of aliphatic imine (C=N–C) groups is 1. The number of thiazole rings is 1. The van der Waals surface area contributed by atoms with Gasteiger partial charge in [0.05, 0.1) is 19.8 Å². The number of methoxy groups -OCH3 is 1. The van der Waals surface area contributed by atoms with E-state index in [1.165, 1.54) is 4.88 Å². The van der Waals surface area contributed by atoms with E-state index in [1.807, 2.05) is 6.20 Å². The highest BCUT2D eigenvalue weighted by molar-refractivity contribution is 14.0. The predicted octanol–water partition coefficient (Wildman–Crippen LogP) is 2.57. The van der Waals surface area contributed by atoms with Crippen molar-refractivity contribution in [1.29, 1.82) is 0 Å². The lowest BCUT2D eigenvalue weighted by molar-refractivity contribution is 0.0689. The van der Waals surface area contributed by atoms with Gasteiger partial charge < -0.3 is 20.1 Å². The molecule has 0 aliphatic heterocycles. The lowest BCUT2D eigenvalue weighted by Crippen LogP contribution is -2.37. The van der Waals surface area contributed by atoms with E-state index in [2.05, 4.69) is 34.5 Å². The number of halogens is 1. The van der Waals surface area contributed by atoms with Crippen LogP contribution in [-0.4, -0.2) is 51.0 Å². The van der Waals surface area contributed by atoms with Crippen molar-refractivity contribution < 1.29 is 9.47 Å². The smallest absolute Gasteiger partial charge is 0.191 e. The Morgan fingerprint density at radius 3 is 2.74 bits per heavy atom. The third-order valence-electron chi connectivity index (χ3n) is 2.83. The molecule has 0 aliphatic rings. The summed E-state index contributed by atoms with van der Waals surface area (Å²) in [5.74, 6) is 0.843. The van der Waals surface area contributed by atoms with Gasteiger partial charge in [-0.3, -0.25) is 0 Å². The molecule has 2 N–H and O–H groups in total. The summed E-state index contributed by atoms with van der Waals surface area (Å²) in [6, 6.07) is 0. The second kappa shape index (κ2) is 15.1. The van der Waals surface area contributed by atoms with E-state index in [-0.39, 0.29) is 24.0 Å². The van der Waals surface area contributed by atoms with Gasteiger partial charge in [0.25, 0.3) is 0 Å². The molecular formula is C15H29IN4O2S. The predicted molar refractivity (Wildman–Crippen MR) is 107 cm³/mol. The van der Waals surface area contributed by atoms with Gasteiger partial charge in [0, 0.05) is 37.9 Å². The first-order valence-electron chi connectivity index (χ1n) is 7.76. The van der Waals surface area contributed by atoms with E-state index in [1.54, 1.807) is 18.4 Å². The van der Waals surface area contributed by atoms with Crippen LogP contribution in [-0.2, 0) is 16.0 Å². The second-order valence-corrected chi connectivity index (χ2v) is 6.12. The van der Waals surface area contributed by atoms with E-state index in [4.69, 9.17) is 9.47 Å². The Morgan fingerprint density at radius 1 is 1.26 bits per heavy atom. The number of hydrogen-bond acceptors (Lipinski definition) is 5. The van der Waals surface area contributed by atoms with Gasteiger partial charge in [-0.25, -0.2) is 9.98 Å². The number of aromatic nitrogens is 1. The Bertz CT molecular complexity index is 429. The molecular weight excluding hydrogens is 427 g/mol. The minimum absolute atomic E-state index is 0. The van der Waals surface area contributed by atoms with Crippen molar-refractivity contribution in [2.45, 2.75) is 33.2 Å². The lowest BCUT2D eigenvalue weighted by Gasteiger charge is -2.11. The molecule has 0 bridgehead atoms. The van der Waals surface area contributed by atoms with Crippen LogP contribution >= 0.6 is 35.3 Å². The number of unbranched alkanes of at least 4 members (excludes halogenated alkanes) is 1. The number of rotatable bonds is 11. The van der Waals surface area contributed by atoms with Gasteiger partial charge in [0.15, 0.2) is 5.96 Å². The van der Waals surface area contributed by atoms with Crippen molar-refractivity contribution in [3.63, 3.8) is 0 Å². The Kier molecular flexibility index (Phi) is 14.8. The molecule has 0 saturated heterocycles. The molecule has 6 nitrogen and oxygen atoms in total. The van der Waals surface area contributed by atoms with Crippen molar-refractivity contribution in [1.82, 2.24) is 15.6 Å². The maximum atomic E-state index is 5.43. The monoisotopic (exact) mass is 456 g/mol.